The molecule has 0 radical (unpaired) electrons. The van der Waals surface area contributed by atoms with Crippen LogP contribution in [-0.2, 0) is 23.1 Å². The van der Waals surface area contributed by atoms with Gasteiger partial charge in [0.2, 0.25) is 10.0 Å². The van der Waals surface area contributed by atoms with Crippen molar-refractivity contribution >= 4 is 21.4 Å². The summed E-state index contributed by atoms with van der Waals surface area (Å²) in [5.41, 5.74) is 1.04. The van der Waals surface area contributed by atoms with Gasteiger partial charge in [0.1, 0.15) is 0 Å². The van der Waals surface area contributed by atoms with E-state index in [1.807, 2.05) is 12.1 Å². The zero-order valence-corrected chi connectivity index (χ0v) is 12.7. The molecule has 7 heteroatoms. The fourth-order valence-electron chi connectivity index (χ4n) is 1.80. The number of sulfonamides is 1. The minimum Gasteiger partial charge on any atom is -0.391 e. The number of hydrogen-bond donors (Lipinski definition) is 1. The van der Waals surface area contributed by atoms with E-state index in [0.717, 1.165) is 5.56 Å². The summed E-state index contributed by atoms with van der Waals surface area (Å²) >= 11 is 1.24. The first-order valence-corrected chi connectivity index (χ1v) is 8.40. The maximum Gasteiger partial charge on any atom is 0.244 e. The van der Waals surface area contributed by atoms with E-state index in [-0.39, 0.29) is 11.5 Å². The molecule has 0 atom stereocenters. The van der Waals surface area contributed by atoms with E-state index >= 15 is 0 Å². The number of aliphatic hydroxyl groups excluding tert-OH is 1. The monoisotopic (exact) mass is 312 g/mol. The molecule has 0 aliphatic rings. The third-order valence-corrected chi connectivity index (χ3v) is 5.98. The molecular formula is C13H16N2O3S2. The lowest BCUT2D eigenvalue weighted by Gasteiger charge is -2.17. The first-order valence-electron chi connectivity index (χ1n) is 6.08. The Labute approximate surface area is 122 Å². The van der Waals surface area contributed by atoms with Crippen molar-refractivity contribution in [2.24, 2.45) is 0 Å². The van der Waals surface area contributed by atoms with Crippen LogP contribution in [0.5, 0.6) is 0 Å². The average molecular weight is 312 g/mol. The number of aliphatic hydroxyl groups is 1. The van der Waals surface area contributed by atoms with Gasteiger partial charge < -0.3 is 5.11 Å². The van der Waals surface area contributed by atoms with Crippen LogP contribution in [0.2, 0.25) is 0 Å². The van der Waals surface area contributed by atoms with Gasteiger partial charge in [-0.15, -0.1) is 11.3 Å². The zero-order valence-electron chi connectivity index (χ0n) is 11.1. The van der Waals surface area contributed by atoms with Crippen molar-refractivity contribution in [2.45, 2.75) is 17.9 Å². The summed E-state index contributed by atoms with van der Waals surface area (Å²) in [6.45, 7) is 0.123. The molecule has 1 N–H and O–H groups in total. The number of rotatable bonds is 6. The molecule has 0 aliphatic carbocycles. The van der Waals surface area contributed by atoms with Crippen LogP contribution >= 0.6 is 11.3 Å². The SMILES string of the molecule is CN(CCc1ccncc1)S(=O)(=O)c1ccsc1CO. The van der Waals surface area contributed by atoms with Gasteiger partial charge in [-0.05, 0) is 35.6 Å². The molecule has 2 rings (SSSR count). The normalized spacial score (nSPS) is 11.9. The van der Waals surface area contributed by atoms with Gasteiger partial charge in [0.05, 0.1) is 11.5 Å². The second-order valence-corrected chi connectivity index (χ2v) is 7.31. The molecule has 108 valence electrons. The summed E-state index contributed by atoms with van der Waals surface area (Å²) in [5, 5.41) is 10.9. The summed E-state index contributed by atoms with van der Waals surface area (Å²) in [6.07, 6.45) is 4.00. The van der Waals surface area contributed by atoms with Crippen molar-refractivity contribution in [1.82, 2.24) is 9.29 Å². The predicted octanol–water partition coefficient (Wildman–Crippen LogP) is 1.50. The largest absolute Gasteiger partial charge is 0.391 e. The van der Waals surface area contributed by atoms with Gasteiger partial charge >= 0.3 is 0 Å². The topological polar surface area (TPSA) is 70.5 Å². The third-order valence-electron chi connectivity index (χ3n) is 3.00. The summed E-state index contributed by atoms with van der Waals surface area (Å²) < 4.78 is 26.1. The van der Waals surface area contributed by atoms with Crippen molar-refractivity contribution in [3.63, 3.8) is 0 Å². The highest BCUT2D eigenvalue weighted by molar-refractivity contribution is 7.89. The van der Waals surface area contributed by atoms with E-state index < -0.39 is 10.0 Å². The van der Waals surface area contributed by atoms with Gasteiger partial charge in [0.15, 0.2) is 0 Å². The average Bonchev–Trinajstić information content (AvgIpc) is 2.95. The minimum absolute atomic E-state index is 0.197. The van der Waals surface area contributed by atoms with Crippen LogP contribution in [0, 0.1) is 0 Å². The molecule has 0 spiro atoms. The van der Waals surface area contributed by atoms with Crippen LogP contribution in [0.1, 0.15) is 10.4 Å². The summed E-state index contributed by atoms with van der Waals surface area (Å²) in [7, 11) is -1.99. The van der Waals surface area contributed by atoms with Gasteiger partial charge in [-0.1, -0.05) is 0 Å². The molecule has 2 aromatic rings. The molecule has 2 heterocycles. The lowest BCUT2D eigenvalue weighted by Crippen LogP contribution is -2.29. The second-order valence-electron chi connectivity index (χ2n) is 4.30. The lowest BCUT2D eigenvalue weighted by atomic mass is 10.2. The van der Waals surface area contributed by atoms with Crippen molar-refractivity contribution in [1.29, 1.82) is 0 Å². The predicted molar refractivity (Wildman–Crippen MR) is 78.0 cm³/mol. The van der Waals surface area contributed by atoms with E-state index in [0.29, 0.717) is 17.8 Å². The van der Waals surface area contributed by atoms with Crippen LogP contribution in [0.4, 0.5) is 0 Å². The van der Waals surface area contributed by atoms with Gasteiger partial charge in [0, 0.05) is 30.9 Å². The molecule has 0 saturated heterocycles. The van der Waals surface area contributed by atoms with Crippen LogP contribution in [0.25, 0.3) is 0 Å². The zero-order chi connectivity index (χ0) is 14.6. The van der Waals surface area contributed by atoms with Crippen molar-refractivity contribution in [3.05, 3.63) is 46.4 Å². The number of likely N-dealkylation sites (N-methyl/N-ethyl adjacent to an activating group) is 1. The number of hydrogen-bond acceptors (Lipinski definition) is 5. The highest BCUT2D eigenvalue weighted by Crippen LogP contribution is 2.24. The van der Waals surface area contributed by atoms with Gasteiger partial charge in [-0.3, -0.25) is 4.98 Å². The number of thiophene rings is 1. The van der Waals surface area contributed by atoms with Crippen molar-refractivity contribution in [3.8, 4) is 0 Å². The van der Waals surface area contributed by atoms with E-state index in [4.69, 9.17) is 0 Å². The Morgan fingerprint density at radius 2 is 2.00 bits per heavy atom. The van der Waals surface area contributed by atoms with E-state index in [1.165, 1.54) is 21.7 Å². The Morgan fingerprint density at radius 1 is 1.30 bits per heavy atom. The van der Waals surface area contributed by atoms with Crippen molar-refractivity contribution in [2.75, 3.05) is 13.6 Å². The van der Waals surface area contributed by atoms with Crippen LogP contribution in [0.3, 0.4) is 0 Å². The number of nitrogens with zero attached hydrogens (tertiary/aromatic N) is 2. The lowest BCUT2D eigenvalue weighted by molar-refractivity contribution is 0.282. The summed E-state index contributed by atoms with van der Waals surface area (Å²) in [5.74, 6) is 0. The maximum absolute atomic E-state index is 12.4. The minimum atomic E-state index is -3.54. The fraction of sp³-hybridized carbons (Fsp3) is 0.308. The molecule has 0 aromatic carbocycles. The molecule has 0 fully saturated rings. The molecule has 2 aromatic heterocycles. The molecule has 0 unspecified atom stereocenters. The fourth-order valence-corrected chi connectivity index (χ4v) is 4.23. The molecule has 0 bridgehead atoms. The summed E-state index contributed by atoms with van der Waals surface area (Å²) in [4.78, 5) is 4.60. The first kappa shape index (κ1) is 15.1. The van der Waals surface area contributed by atoms with Crippen LogP contribution < -0.4 is 0 Å². The second kappa shape index (κ2) is 6.45. The Balaban J connectivity index is 2.10. The number of pyridine rings is 1. The summed E-state index contributed by atoms with van der Waals surface area (Å²) in [6, 6.07) is 5.27. The van der Waals surface area contributed by atoms with Crippen LogP contribution in [0.15, 0.2) is 40.9 Å². The quantitative estimate of drug-likeness (QED) is 0.877. The standard InChI is InChI=1S/C13H16N2O3S2/c1-15(8-4-11-2-6-14-7-3-11)20(17,18)13-5-9-19-12(13)10-16/h2-3,5-7,9,16H,4,8,10H2,1H3. The smallest absolute Gasteiger partial charge is 0.244 e. The highest BCUT2D eigenvalue weighted by atomic mass is 32.2. The van der Waals surface area contributed by atoms with E-state index in [1.54, 1.807) is 24.8 Å². The van der Waals surface area contributed by atoms with Gasteiger partial charge in [-0.2, -0.15) is 0 Å². The van der Waals surface area contributed by atoms with Gasteiger partial charge in [-0.25, -0.2) is 12.7 Å². The Morgan fingerprint density at radius 3 is 2.65 bits per heavy atom. The molecule has 0 aliphatic heterocycles. The molecule has 0 saturated carbocycles. The first-order chi connectivity index (χ1) is 9.55. The van der Waals surface area contributed by atoms with Gasteiger partial charge in [0.25, 0.3) is 0 Å². The molecule has 0 amide bonds. The maximum atomic E-state index is 12.4. The Kier molecular flexibility index (Phi) is 4.87. The van der Waals surface area contributed by atoms with Crippen molar-refractivity contribution < 1.29 is 13.5 Å². The van der Waals surface area contributed by atoms with E-state index in [9.17, 15) is 13.5 Å². The molecule has 5 nitrogen and oxygen atoms in total. The Bertz CT molecular complexity index is 653. The molecule has 20 heavy (non-hydrogen) atoms. The van der Waals surface area contributed by atoms with E-state index in [2.05, 4.69) is 4.98 Å². The molecular weight excluding hydrogens is 296 g/mol. The third kappa shape index (κ3) is 3.24. The Hall–Kier alpha value is -1.28. The highest BCUT2D eigenvalue weighted by Gasteiger charge is 2.24. The van der Waals surface area contributed by atoms with Crippen LogP contribution in [-0.4, -0.2) is 36.4 Å². The number of aromatic nitrogens is 1.